The number of unbranched alkanes of at least 4 members (excludes halogenated alkanes) is 4. The third-order valence-corrected chi connectivity index (χ3v) is 5.13. The Labute approximate surface area is 190 Å². The summed E-state index contributed by atoms with van der Waals surface area (Å²) in [7, 11) is 0. The summed E-state index contributed by atoms with van der Waals surface area (Å²) in [5.41, 5.74) is 2.98. The molecular formula is C27H32O5. The first-order chi connectivity index (χ1) is 15.4. The monoisotopic (exact) mass is 436 g/mol. The van der Waals surface area contributed by atoms with E-state index in [2.05, 4.69) is 6.92 Å². The molecule has 5 nitrogen and oxygen atoms in total. The van der Waals surface area contributed by atoms with Gasteiger partial charge in [0.2, 0.25) is 0 Å². The van der Waals surface area contributed by atoms with Gasteiger partial charge in [-0.25, -0.2) is 9.59 Å². The average molecular weight is 437 g/mol. The number of ether oxygens (including phenoxy) is 1. The number of aliphatic carboxylic acids is 2. The largest absolute Gasteiger partial charge is 0.489 e. The molecule has 0 aromatic heterocycles. The number of hydrogen-bond donors (Lipinski definition) is 2. The molecule has 2 aromatic rings. The zero-order valence-electron chi connectivity index (χ0n) is 18.8. The smallest absolute Gasteiger partial charge is 0.335 e. The first-order valence-electron chi connectivity index (χ1n) is 11.1. The van der Waals surface area contributed by atoms with Crippen LogP contribution in [0, 0.1) is 6.92 Å². The molecular weight excluding hydrogens is 404 g/mol. The highest BCUT2D eigenvalue weighted by Gasteiger charge is 2.12. The minimum atomic E-state index is -1.16. The topological polar surface area (TPSA) is 83.8 Å². The molecule has 0 saturated carbocycles. The van der Waals surface area contributed by atoms with Crippen molar-refractivity contribution in [2.45, 2.75) is 59.0 Å². The van der Waals surface area contributed by atoms with E-state index in [0.717, 1.165) is 37.7 Å². The van der Waals surface area contributed by atoms with Crippen LogP contribution < -0.4 is 4.74 Å². The van der Waals surface area contributed by atoms with E-state index < -0.39 is 11.9 Å². The Bertz CT molecular complexity index is 937. The van der Waals surface area contributed by atoms with Gasteiger partial charge in [0.05, 0.1) is 5.57 Å². The Morgan fingerprint density at radius 2 is 1.53 bits per heavy atom. The molecule has 0 fully saturated rings. The van der Waals surface area contributed by atoms with Gasteiger partial charge in [0.15, 0.2) is 0 Å². The summed E-state index contributed by atoms with van der Waals surface area (Å²) in [6.07, 6.45) is 8.07. The van der Waals surface area contributed by atoms with Gasteiger partial charge in [-0.05, 0) is 55.2 Å². The first kappa shape index (κ1) is 24.9. The molecule has 0 radical (unpaired) electrons. The fraction of sp³-hybridized carbons (Fsp3) is 0.333. The van der Waals surface area contributed by atoms with E-state index in [1.54, 1.807) is 24.3 Å². The lowest BCUT2D eigenvalue weighted by molar-refractivity contribution is -0.133. The Morgan fingerprint density at radius 1 is 0.875 bits per heavy atom. The normalized spacial score (nSPS) is 11.9. The molecule has 0 amide bonds. The van der Waals surface area contributed by atoms with Crippen molar-refractivity contribution in [1.82, 2.24) is 0 Å². The molecule has 0 aliphatic rings. The van der Waals surface area contributed by atoms with Crippen LogP contribution in [0.15, 0.2) is 65.8 Å². The molecule has 2 aromatic carbocycles. The summed E-state index contributed by atoms with van der Waals surface area (Å²) >= 11 is 0. The fourth-order valence-electron chi connectivity index (χ4n) is 3.20. The Morgan fingerprint density at radius 3 is 2.12 bits per heavy atom. The van der Waals surface area contributed by atoms with Gasteiger partial charge in [0.25, 0.3) is 0 Å². The lowest BCUT2D eigenvalue weighted by atomic mass is 10.0. The zero-order chi connectivity index (χ0) is 23.3. The number of carboxylic acid groups (broad SMARTS) is 2. The highest BCUT2D eigenvalue weighted by Crippen LogP contribution is 2.19. The second-order valence-electron chi connectivity index (χ2n) is 7.89. The van der Waals surface area contributed by atoms with Crippen LogP contribution in [0.25, 0.3) is 6.08 Å². The maximum absolute atomic E-state index is 11.7. The van der Waals surface area contributed by atoms with Crippen LogP contribution in [0.1, 0.15) is 62.1 Å². The van der Waals surface area contributed by atoms with Crippen molar-refractivity contribution < 1.29 is 24.5 Å². The minimum absolute atomic E-state index is 0.0516. The number of benzene rings is 2. The molecule has 0 atom stereocenters. The molecule has 5 heteroatoms. The lowest BCUT2D eigenvalue weighted by Gasteiger charge is -2.07. The van der Waals surface area contributed by atoms with E-state index in [-0.39, 0.29) is 11.1 Å². The first-order valence-corrected chi connectivity index (χ1v) is 11.1. The molecule has 170 valence electrons. The van der Waals surface area contributed by atoms with Crippen LogP contribution >= 0.6 is 0 Å². The molecule has 0 aliphatic carbocycles. The summed E-state index contributed by atoms with van der Waals surface area (Å²) in [6.45, 7) is 4.60. The van der Waals surface area contributed by atoms with E-state index >= 15 is 0 Å². The molecule has 0 saturated heterocycles. The van der Waals surface area contributed by atoms with Crippen molar-refractivity contribution in [3.8, 4) is 5.75 Å². The van der Waals surface area contributed by atoms with E-state index in [0.29, 0.717) is 24.3 Å². The maximum atomic E-state index is 11.7. The molecule has 0 heterocycles. The Kier molecular flexibility index (Phi) is 10.2. The van der Waals surface area contributed by atoms with Crippen molar-refractivity contribution >= 4 is 18.0 Å². The van der Waals surface area contributed by atoms with Gasteiger partial charge in [0, 0.05) is 5.57 Å². The second-order valence-corrected chi connectivity index (χ2v) is 7.89. The van der Waals surface area contributed by atoms with Crippen LogP contribution in [0.5, 0.6) is 5.75 Å². The molecule has 2 rings (SSSR count). The number of carboxylic acids is 2. The summed E-state index contributed by atoms with van der Waals surface area (Å²) in [5.74, 6) is -1.56. The van der Waals surface area contributed by atoms with Gasteiger partial charge in [-0.3, -0.25) is 0 Å². The summed E-state index contributed by atoms with van der Waals surface area (Å²) in [4.78, 5) is 23.3. The highest BCUT2D eigenvalue weighted by atomic mass is 16.5. The summed E-state index contributed by atoms with van der Waals surface area (Å²) in [6, 6.07) is 15.2. The van der Waals surface area contributed by atoms with Crippen molar-refractivity contribution in [2.75, 3.05) is 0 Å². The molecule has 0 spiro atoms. The third-order valence-electron chi connectivity index (χ3n) is 5.13. The van der Waals surface area contributed by atoms with Crippen molar-refractivity contribution in [1.29, 1.82) is 0 Å². The van der Waals surface area contributed by atoms with Gasteiger partial charge >= 0.3 is 11.9 Å². The fourth-order valence-corrected chi connectivity index (χ4v) is 3.20. The van der Waals surface area contributed by atoms with Gasteiger partial charge in [-0.1, -0.05) is 74.6 Å². The quantitative estimate of drug-likeness (QED) is 0.215. The molecule has 0 aliphatic heterocycles. The molecule has 0 bridgehead atoms. The molecule has 0 unspecified atom stereocenters. The van der Waals surface area contributed by atoms with E-state index in [1.807, 2.05) is 31.2 Å². The Hall–Kier alpha value is -3.34. The number of carbonyl (C=O) groups is 2. The number of aryl methyl sites for hydroxylation is 1. The number of rotatable bonds is 13. The van der Waals surface area contributed by atoms with Gasteiger partial charge in [0.1, 0.15) is 12.4 Å². The molecule has 2 N–H and O–H groups in total. The average Bonchev–Trinajstić information content (AvgIpc) is 2.77. The van der Waals surface area contributed by atoms with E-state index in [1.165, 1.54) is 17.7 Å². The lowest BCUT2D eigenvalue weighted by Crippen LogP contribution is -2.05. The van der Waals surface area contributed by atoms with E-state index in [4.69, 9.17) is 4.74 Å². The maximum Gasteiger partial charge on any atom is 0.335 e. The van der Waals surface area contributed by atoms with E-state index in [9.17, 15) is 19.8 Å². The van der Waals surface area contributed by atoms with Crippen LogP contribution in [-0.4, -0.2) is 22.2 Å². The van der Waals surface area contributed by atoms with Crippen LogP contribution in [0.2, 0.25) is 0 Å². The SMILES string of the molecule is CCCCCCCC(=CC(=Cc1ccc(OCc2ccc(C)cc2)cc1)C(=O)O)C(=O)O. The van der Waals surface area contributed by atoms with Crippen LogP contribution in [-0.2, 0) is 16.2 Å². The van der Waals surface area contributed by atoms with Crippen LogP contribution in [0.3, 0.4) is 0 Å². The molecule has 32 heavy (non-hydrogen) atoms. The minimum Gasteiger partial charge on any atom is -0.489 e. The second kappa shape index (κ2) is 13.2. The van der Waals surface area contributed by atoms with Gasteiger partial charge < -0.3 is 14.9 Å². The van der Waals surface area contributed by atoms with Gasteiger partial charge in [-0.2, -0.15) is 0 Å². The third kappa shape index (κ3) is 8.80. The van der Waals surface area contributed by atoms with Crippen LogP contribution in [0.4, 0.5) is 0 Å². The van der Waals surface area contributed by atoms with Crippen molar-refractivity contribution in [3.05, 3.63) is 82.4 Å². The number of hydrogen-bond acceptors (Lipinski definition) is 3. The Balaban J connectivity index is 2.06. The van der Waals surface area contributed by atoms with Crippen molar-refractivity contribution in [3.63, 3.8) is 0 Å². The highest BCUT2D eigenvalue weighted by molar-refractivity contribution is 5.98. The summed E-state index contributed by atoms with van der Waals surface area (Å²) < 4.78 is 5.78. The van der Waals surface area contributed by atoms with Crippen molar-refractivity contribution in [2.24, 2.45) is 0 Å². The predicted molar refractivity (Wildman–Crippen MR) is 127 cm³/mol. The van der Waals surface area contributed by atoms with Gasteiger partial charge in [-0.15, -0.1) is 0 Å². The predicted octanol–water partition coefficient (Wildman–Crippen LogP) is 6.41. The zero-order valence-corrected chi connectivity index (χ0v) is 18.8. The standard InChI is InChI=1S/C27H32O5/c1-3-4-5-6-7-8-23(26(28)29)18-24(27(30)31)17-21-13-15-25(16-14-21)32-19-22-11-9-20(2)10-12-22/h9-18H,3-8,19H2,1-2H3,(H,28,29)(H,30,31). The summed E-state index contributed by atoms with van der Waals surface area (Å²) in [5, 5.41) is 19.0.